The average Bonchev–Trinajstić information content (AvgIpc) is 2.26. The molecule has 16 heavy (non-hydrogen) atoms. The molecule has 2 heteroatoms. The van der Waals surface area contributed by atoms with Gasteiger partial charge in [0.1, 0.15) is 11.5 Å². The second-order valence-corrected chi connectivity index (χ2v) is 4.08. The summed E-state index contributed by atoms with van der Waals surface area (Å²) in [7, 11) is 0. The first-order valence-corrected chi connectivity index (χ1v) is 6.05. The van der Waals surface area contributed by atoms with Crippen molar-refractivity contribution >= 4 is 0 Å². The monoisotopic (exact) mass is 222 g/mol. The van der Waals surface area contributed by atoms with Gasteiger partial charge in [0.2, 0.25) is 0 Å². The molecule has 0 fully saturated rings. The van der Waals surface area contributed by atoms with Gasteiger partial charge in [-0.3, -0.25) is 0 Å². The molecule has 0 aromatic heterocycles. The topological polar surface area (TPSA) is 18.5 Å². The Morgan fingerprint density at radius 1 is 0.812 bits per heavy atom. The van der Waals surface area contributed by atoms with Crippen molar-refractivity contribution in [1.29, 1.82) is 0 Å². The molecule has 2 nitrogen and oxygen atoms in total. The molecule has 1 aromatic carbocycles. The highest BCUT2D eigenvalue weighted by molar-refractivity contribution is 5.45. The number of hydrogen-bond acceptors (Lipinski definition) is 2. The maximum absolute atomic E-state index is 5.68. The first kappa shape index (κ1) is 12.9. The molecule has 0 saturated carbocycles. The molecule has 0 aliphatic heterocycles. The van der Waals surface area contributed by atoms with E-state index in [0.29, 0.717) is 0 Å². The van der Waals surface area contributed by atoms with E-state index in [1.165, 1.54) is 11.1 Å². The van der Waals surface area contributed by atoms with Crippen LogP contribution < -0.4 is 9.47 Å². The summed E-state index contributed by atoms with van der Waals surface area (Å²) < 4.78 is 11.4. The summed E-state index contributed by atoms with van der Waals surface area (Å²) in [6.45, 7) is 9.88. The zero-order chi connectivity index (χ0) is 12.0. The number of benzene rings is 1. The maximum Gasteiger partial charge on any atom is 0.125 e. The fourth-order valence-electron chi connectivity index (χ4n) is 1.55. The first-order valence-electron chi connectivity index (χ1n) is 6.05. The molecule has 0 N–H and O–H groups in total. The molecule has 0 amide bonds. The zero-order valence-electron chi connectivity index (χ0n) is 10.8. The lowest BCUT2D eigenvalue weighted by molar-refractivity contribution is 0.299. The Kier molecular flexibility index (Phi) is 5.17. The minimum atomic E-state index is 0.761. The summed E-state index contributed by atoms with van der Waals surface area (Å²) in [5.74, 6) is 1.89. The van der Waals surface area contributed by atoms with Crippen molar-refractivity contribution in [3.63, 3.8) is 0 Å². The molecule has 0 aliphatic rings. The smallest absolute Gasteiger partial charge is 0.125 e. The summed E-state index contributed by atoms with van der Waals surface area (Å²) >= 11 is 0. The normalized spacial score (nSPS) is 10.2. The third-order valence-corrected chi connectivity index (χ3v) is 2.40. The van der Waals surface area contributed by atoms with Gasteiger partial charge in [0, 0.05) is 6.07 Å². The van der Waals surface area contributed by atoms with E-state index in [9.17, 15) is 0 Å². The Bertz CT molecular complexity index is 303. The van der Waals surface area contributed by atoms with Crippen molar-refractivity contribution in [1.82, 2.24) is 0 Å². The molecule has 0 bridgehead atoms. The van der Waals surface area contributed by atoms with Gasteiger partial charge in [-0.15, -0.1) is 0 Å². The van der Waals surface area contributed by atoms with Crippen LogP contribution in [-0.2, 0) is 0 Å². The molecule has 90 valence electrons. The summed E-state index contributed by atoms with van der Waals surface area (Å²) in [6.07, 6.45) is 2.05. The summed E-state index contributed by atoms with van der Waals surface area (Å²) in [5.41, 5.74) is 2.35. The van der Waals surface area contributed by atoms with Crippen LogP contribution in [0.4, 0.5) is 0 Å². The Hall–Kier alpha value is -1.18. The molecular formula is C14H22O2. The Balaban J connectivity index is 2.83. The standard InChI is InChI=1S/C14H22O2/c1-5-7-15-13-10-14(16-8-6-2)12(4)9-11(13)3/h9-10H,5-8H2,1-4H3. The molecule has 1 aromatic rings. The summed E-state index contributed by atoms with van der Waals surface area (Å²) in [5, 5.41) is 0. The Labute approximate surface area is 98.6 Å². The van der Waals surface area contributed by atoms with E-state index in [1.54, 1.807) is 0 Å². The van der Waals surface area contributed by atoms with Gasteiger partial charge in [0.05, 0.1) is 13.2 Å². The van der Waals surface area contributed by atoms with Crippen molar-refractivity contribution in [2.24, 2.45) is 0 Å². The fraction of sp³-hybridized carbons (Fsp3) is 0.571. The van der Waals surface area contributed by atoms with Crippen molar-refractivity contribution in [3.8, 4) is 11.5 Å². The van der Waals surface area contributed by atoms with E-state index < -0.39 is 0 Å². The minimum absolute atomic E-state index is 0.761. The van der Waals surface area contributed by atoms with E-state index >= 15 is 0 Å². The van der Waals surface area contributed by atoms with Gasteiger partial charge in [-0.1, -0.05) is 13.8 Å². The highest BCUT2D eigenvalue weighted by Gasteiger charge is 2.06. The van der Waals surface area contributed by atoms with Crippen LogP contribution in [0.1, 0.15) is 37.8 Å². The van der Waals surface area contributed by atoms with Crippen LogP contribution >= 0.6 is 0 Å². The van der Waals surface area contributed by atoms with Gasteiger partial charge in [0.15, 0.2) is 0 Å². The molecule has 0 heterocycles. The van der Waals surface area contributed by atoms with E-state index in [-0.39, 0.29) is 0 Å². The van der Waals surface area contributed by atoms with Crippen LogP contribution in [0.25, 0.3) is 0 Å². The molecule has 0 radical (unpaired) electrons. The van der Waals surface area contributed by atoms with Gasteiger partial charge < -0.3 is 9.47 Å². The zero-order valence-corrected chi connectivity index (χ0v) is 10.8. The van der Waals surface area contributed by atoms with E-state index in [2.05, 4.69) is 33.8 Å². The fourth-order valence-corrected chi connectivity index (χ4v) is 1.55. The number of ether oxygens (including phenoxy) is 2. The molecule has 1 rings (SSSR count). The third-order valence-electron chi connectivity index (χ3n) is 2.40. The lowest BCUT2D eigenvalue weighted by Gasteiger charge is -2.13. The third kappa shape index (κ3) is 3.44. The van der Waals surface area contributed by atoms with Gasteiger partial charge in [0.25, 0.3) is 0 Å². The van der Waals surface area contributed by atoms with Gasteiger partial charge in [-0.2, -0.15) is 0 Å². The van der Waals surface area contributed by atoms with Crippen LogP contribution in [0, 0.1) is 13.8 Å². The predicted molar refractivity (Wildman–Crippen MR) is 67.5 cm³/mol. The van der Waals surface area contributed by atoms with Gasteiger partial charge in [-0.25, -0.2) is 0 Å². The van der Waals surface area contributed by atoms with E-state index in [4.69, 9.17) is 9.47 Å². The molecule has 0 atom stereocenters. The van der Waals surface area contributed by atoms with Crippen LogP contribution in [-0.4, -0.2) is 13.2 Å². The van der Waals surface area contributed by atoms with Crippen molar-refractivity contribution in [2.45, 2.75) is 40.5 Å². The van der Waals surface area contributed by atoms with Crippen LogP contribution in [0.5, 0.6) is 11.5 Å². The summed E-state index contributed by atoms with van der Waals surface area (Å²) in [4.78, 5) is 0. The molecule has 0 saturated heterocycles. The number of hydrogen-bond donors (Lipinski definition) is 0. The van der Waals surface area contributed by atoms with Gasteiger partial charge >= 0.3 is 0 Å². The molecule has 0 spiro atoms. The van der Waals surface area contributed by atoms with Crippen molar-refractivity contribution < 1.29 is 9.47 Å². The van der Waals surface area contributed by atoms with Crippen LogP contribution in [0.2, 0.25) is 0 Å². The van der Waals surface area contributed by atoms with E-state index in [1.807, 2.05) is 6.07 Å². The number of rotatable bonds is 6. The predicted octanol–water partition coefficient (Wildman–Crippen LogP) is 3.88. The molecule has 0 unspecified atom stereocenters. The quantitative estimate of drug-likeness (QED) is 0.727. The highest BCUT2D eigenvalue weighted by atomic mass is 16.5. The van der Waals surface area contributed by atoms with Crippen LogP contribution in [0.3, 0.4) is 0 Å². The van der Waals surface area contributed by atoms with Crippen molar-refractivity contribution in [2.75, 3.05) is 13.2 Å². The van der Waals surface area contributed by atoms with E-state index in [0.717, 1.165) is 37.6 Å². The van der Waals surface area contributed by atoms with Crippen molar-refractivity contribution in [3.05, 3.63) is 23.3 Å². The average molecular weight is 222 g/mol. The SMILES string of the molecule is CCCOc1cc(OCCC)c(C)cc1C. The second-order valence-electron chi connectivity index (χ2n) is 4.08. The summed E-state index contributed by atoms with van der Waals surface area (Å²) in [6, 6.07) is 4.13. The largest absolute Gasteiger partial charge is 0.493 e. The van der Waals surface area contributed by atoms with Gasteiger partial charge in [-0.05, 0) is 43.9 Å². The lowest BCUT2D eigenvalue weighted by atomic mass is 10.1. The first-order chi connectivity index (χ1) is 7.69. The Morgan fingerprint density at radius 3 is 1.62 bits per heavy atom. The molecular weight excluding hydrogens is 200 g/mol. The number of aryl methyl sites for hydroxylation is 2. The molecule has 0 aliphatic carbocycles. The lowest BCUT2D eigenvalue weighted by Crippen LogP contribution is -2.01. The van der Waals surface area contributed by atoms with Crippen LogP contribution in [0.15, 0.2) is 12.1 Å². The minimum Gasteiger partial charge on any atom is -0.493 e. The maximum atomic E-state index is 5.68. The Morgan fingerprint density at radius 2 is 1.25 bits per heavy atom. The highest BCUT2D eigenvalue weighted by Crippen LogP contribution is 2.28. The second kappa shape index (κ2) is 6.41.